The molecule has 0 aliphatic carbocycles. The van der Waals surface area contributed by atoms with E-state index in [1.807, 2.05) is 39.0 Å². The number of anilines is 1. The van der Waals surface area contributed by atoms with E-state index >= 15 is 0 Å². The van der Waals surface area contributed by atoms with E-state index in [1.165, 1.54) is 0 Å². The molecule has 0 heterocycles. The number of rotatable bonds is 6. The molecule has 0 aliphatic heterocycles. The normalized spacial score (nSPS) is 10.6. The summed E-state index contributed by atoms with van der Waals surface area (Å²) in [6.07, 6.45) is 2.62. The van der Waals surface area contributed by atoms with Crippen LogP contribution < -0.4 is 10.7 Å². The molecule has 5 heteroatoms. The van der Waals surface area contributed by atoms with Crippen LogP contribution in [0.25, 0.3) is 0 Å². The Bertz CT molecular complexity index is 510. The third kappa shape index (κ3) is 5.65. The Labute approximate surface area is 119 Å². The first-order valence-electron chi connectivity index (χ1n) is 6.70. The summed E-state index contributed by atoms with van der Waals surface area (Å²) in [5, 5.41) is 6.52. The summed E-state index contributed by atoms with van der Waals surface area (Å²) < 4.78 is 0. The smallest absolute Gasteiger partial charge is 0.240 e. The summed E-state index contributed by atoms with van der Waals surface area (Å²) in [6, 6.07) is 5.81. The lowest BCUT2D eigenvalue weighted by Gasteiger charge is -2.08. The van der Waals surface area contributed by atoms with E-state index in [-0.39, 0.29) is 24.7 Å². The van der Waals surface area contributed by atoms with Crippen molar-refractivity contribution in [2.24, 2.45) is 5.10 Å². The van der Waals surface area contributed by atoms with Crippen molar-refractivity contribution in [2.45, 2.75) is 40.0 Å². The molecule has 2 amide bonds. The molecule has 1 aromatic carbocycles. The number of carbonyl (C=O) groups is 2. The van der Waals surface area contributed by atoms with Crippen molar-refractivity contribution in [3.05, 3.63) is 29.3 Å². The van der Waals surface area contributed by atoms with Gasteiger partial charge in [0.25, 0.3) is 0 Å². The number of amides is 2. The highest BCUT2D eigenvalue weighted by Gasteiger charge is 2.08. The molecular formula is C15H21N3O2. The van der Waals surface area contributed by atoms with E-state index < -0.39 is 0 Å². The molecule has 0 aliphatic rings. The number of nitrogens with zero attached hydrogens (tertiary/aromatic N) is 1. The van der Waals surface area contributed by atoms with Crippen LogP contribution in [-0.2, 0) is 9.59 Å². The van der Waals surface area contributed by atoms with Gasteiger partial charge in [-0.05, 0) is 31.9 Å². The number of hydrazone groups is 1. The van der Waals surface area contributed by atoms with Crippen molar-refractivity contribution < 1.29 is 9.59 Å². The second kappa shape index (κ2) is 8.09. The quantitative estimate of drug-likeness (QED) is 0.618. The SMILES string of the molecule is CC/C=N\NC(=O)CCC(=O)Nc1ccc(C)cc1C. The molecule has 1 aromatic rings. The van der Waals surface area contributed by atoms with E-state index in [4.69, 9.17) is 0 Å². The summed E-state index contributed by atoms with van der Waals surface area (Å²) in [5.41, 5.74) is 5.31. The summed E-state index contributed by atoms with van der Waals surface area (Å²) in [5.74, 6) is -0.433. The fourth-order valence-corrected chi connectivity index (χ4v) is 1.66. The van der Waals surface area contributed by atoms with E-state index in [2.05, 4.69) is 15.8 Å². The minimum absolute atomic E-state index is 0.123. The fourth-order valence-electron chi connectivity index (χ4n) is 1.66. The zero-order chi connectivity index (χ0) is 15.0. The Balaban J connectivity index is 2.40. The Morgan fingerprint density at radius 3 is 2.55 bits per heavy atom. The van der Waals surface area contributed by atoms with Gasteiger partial charge in [0.1, 0.15) is 0 Å². The Morgan fingerprint density at radius 1 is 1.20 bits per heavy atom. The van der Waals surface area contributed by atoms with Gasteiger partial charge in [-0.1, -0.05) is 24.6 Å². The third-order valence-corrected chi connectivity index (χ3v) is 2.70. The lowest BCUT2D eigenvalue weighted by molar-refractivity contribution is -0.124. The van der Waals surface area contributed by atoms with Gasteiger partial charge in [-0.2, -0.15) is 5.10 Å². The third-order valence-electron chi connectivity index (χ3n) is 2.70. The molecule has 108 valence electrons. The molecular weight excluding hydrogens is 254 g/mol. The number of hydrogen-bond acceptors (Lipinski definition) is 3. The number of aryl methyl sites for hydroxylation is 2. The standard InChI is InChI=1S/C15H21N3O2/c1-4-9-16-18-15(20)8-7-14(19)17-13-6-5-11(2)10-12(13)3/h5-6,9-10H,4,7-8H2,1-3H3,(H,17,19)(H,18,20)/b16-9-. The summed E-state index contributed by atoms with van der Waals surface area (Å²) in [4.78, 5) is 23.1. The number of benzene rings is 1. The van der Waals surface area contributed by atoms with Crippen LogP contribution in [0.15, 0.2) is 23.3 Å². The minimum Gasteiger partial charge on any atom is -0.326 e. The molecule has 0 saturated heterocycles. The second-order valence-corrected chi connectivity index (χ2v) is 4.62. The van der Waals surface area contributed by atoms with Crippen molar-refractivity contribution >= 4 is 23.7 Å². The van der Waals surface area contributed by atoms with Gasteiger partial charge in [-0.3, -0.25) is 9.59 Å². The van der Waals surface area contributed by atoms with Crippen LogP contribution in [0.3, 0.4) is 0 Å². The van der Waals surface area contributed by atoms with Crippen molar-refractivity contribution in [1.82, 2.24) is 5.43 Å². The first-order chi connectivity index (χ1) is 9.52. The number of carbonyl (C=O) groups excluding carboxylic acids is 2. The highest BCUT2D eigenvalue weighted by Crippen LogP contribution is 2.16. The van der Waals surface area contributed by atoms with E-state index in [0.29, 0.717) is 0 Å². The second-order valence-electron chi connectivity index (χ2n) is 4.62. The molecule has 0 radical (unpaired) electrons. The van der Waals surface area contributed by atoms with Crippen LogP contribution >= 0.6 is 0 Å². The summed E-state index contributed by atoms with van der Waals surface area (Å²) in [6.45, 7) is 5.86. The maximum absolute atomic E-state index is 11.8. The molecule has 2 N–H and O–H groups in total. The zero-order valence-electron chi connectivity index (χ0n) is 12.2. The molecule has 20 heavy (non-hydrogen) atoms. The Kier molecular flexibility index (Phi) is 6.43. The fraction of sp³-hybridized carbons (Fsp3) is 0.400. The van der Waals surface area contributed by atoms with Gasteiger partial charge in [0.05, 0.1) is 0 Å². The molecule has 1 rings (SSSR count). The van der Waals surface area contributed by atoms with Crippen molar-refractivity contribution in [3.63, 3.8) is 0 Å². The number of hydrogen-bond donors (Lipinski definition) is 2. The van der Waals surface area contributed by atoms with Gasteiger partial charge in [-0.15, -0.1) is 0 Å². The summed E-state index contributed by atoms with van der Waals surface area (Å²) >= 11 is 0. The zero-order valence-corrected chi connectivity index (χ0v) is 12.2. The maximum Gasteiger partial charge on any atom is 0.240 e. The van der Waals surface area contributed by atoms with Crippen LogP contribution in [0.5, 0.6) is 0 Å². The van der Waals surface area contributed by atoms with E-state index in [9.17, 15) is 9.59 Å². The minimum atomic E-state index is -0.259. The lowest BCUT2D eigenvalue weighted by atomic mass is 10.1. The Morgan fingerprint density at radius 2 is 1.90 bits per heavy atom. The molecule has 0 unspecified atom stereocenters. The van der Waals surface area contributed by atoms with Gasteiger partial charge in [0.2, 0.25) is 11.8 Å². The average Bonchev–Trinajstić information content (AvgIpc) is 2.40. The predicted octanol–water partition coefficient (Wildman–Crippen LogP) is 2.53. The molecule has 0 fully saturated rings. The topological polar surface area (TPSA) is 70.6 Å². The van der Waals surface area contributed by atoms with Crippen molar-refractivity contribution in [3.8, 4) is 0 Å². The van der Waals surface area contributed by atoms with Crippen LogP contribution in [-0.4, -0.2) is 18.0 Å². The van der Waals surface area contributed by atoms with Crippen molar-refractivity contribution in [1.29, 1.82) is 0 Å². The van der Waals surface area contributed by atoms with Gasteiger partial charge < -0.3 is 5.32 Å². The molecule has 0 saturated carbocycles. The van der Waals surface area contributed by atoms with Crippen LogP contribution in [0.1, 0.15) is 37.3 Å². The van der Waals surface area contributed by atoms with Gasteiger partial charge in [0.15, 0.2) is 0 Å². The lowest BCUT2D eigenvalue weighted by Crippen LogP contribution is -2.20. The highest BCUT2D eigenvalue weighted by molar-refractivity contribution is 5.93. The molecule has 0 aromatic heterocycles. The number of nitrogens with one attached hydrogen (secondary N) is 2. The van der Waals surface area contributed by atoms with E-state index in [0.717, 1.165) is 23.2 Å². The predicted molar refractivity (Wildman–Crippen MR) is 80.7 cm³/mol. The van der Waals surface area contributed by atoms with Gasteiger partial charge >= 0.3 is 0 Å². The molecule has 0 atom stereocenters. The van der Waals surface area contributed by atoms with Gasteiger partial charge in [0, 0.05) is 24.7 Å². The molecule has 0 spiro atoms. The van der Waals surface area contributed by atoms with Crippen LogP contribution in [0.4, 0.5) is 5.69 Å². The van der Waals surface area contributed by atoms with E-state index in [1.54, 1.807) is 6.21 Å². The van der Waals surface area contributed by atoms with Crippen LogP contribution in [0.2, 0.25) is 0 Å². The molecule has 0 bridgehead atoms. The van der Waals surface area contributed by atoms with Crippen molar-refractivity contribution in [2.75, 3.05) is 5.32 Å². The van der Waals surface area contributed by atoms with Crippen LogP contribution in [0, 0.1) is 13.8 Å². The largest absolute Gasteiger partial charge is 0.326 e. The molecule has 5 nitrogen and oxygen atoms in total. The Hall–Kier alpha value is -2.17. The monoisotopic (exact) mass is 275 g/mol. The first-order valence-corrected chi connectivity index (χ1v) is 6.70. The summed E-state index contributed by atoms with van der Waals surface area (Å²) in [7, 11) is 0. The average molecular weight is 275 g/mol. The highest BCUT2D eigenvalue weighted by atomic mass is 16.2. The first kappa shape index (κ1) is 15.9. The van der Waals surface area contributed by atoms with Gasteiger partial charge in [-0.25, -0.2) is 5.43 Å². The maximum atomic E-state index is 11.8.